The Balaban J connectivity index is 1.96. The largest absolute Gasteiger partial charge is 0.425 e. The second-order valence-electron chi connectivity index (χ2n) is 5.11. The van der Waals surface area contributed by atoms with E-state index in [9.17, 15) is 4.79 Å². The number of hydrogen-bond donors (Lipinski definition) is 0. The minimum Gasteiger partial charge on any atom is -0.425 e. The Morgan fingerprint density at radius 1 is 1.16 bits per heavy atom. The molecule has 0 aliphatic rings. The van der Waals surface area contributed by atoms with Crippen LogP contribution in [0.3, 0.4) is 0 Å². The molecule has 0 bridgehead atoms. The van der Waals surface area contributed by atoms with E-state index in [0.717, 1.165) is 12.8 Å². The number of nitrogens with zero attached hydrogens (tertiary/aromatic N) is 2. The van der Waals surface area contributed by atoms with Crippen LogP contribution in [0.15, 0.2) is 18.7 Å². The minimum atomic E-state index is -0.0927. The van der Waals surface area contributed by atoms with Crippen molar-refractivity contribution in [2.45, 2.75) is 65.0 Å². The van der Waals surface area contributed by atoms with E-state index < -0.39 is 0 Å². The number of carbonyl (C=O) groups is 1. The molecule has 0 aliphatic heterocycles. The van der Waals surface area contributed by atoms with Gasteiger partial charge in [0.15, 0.2) is 0 Å². The zero-order valence-corrected chi connectivity index (χ0v) is 12.3. The lowest BCUT2D eigenvalue weighted by atomic mass is 10.1. The molecule has 0 amide bonds. The molecule has 1 heterocycles. The number of ether oxygens (including phenoxy) is 1. The molecular formula is C15H27N2O2+. The van der Waals surface area contributed by atoms with Gasteiger partial charge in [0, 0.05) is 6.42 Å². The third kappa shape index (κ3) is 7.65. The summed E-state index contributed by atoms with van der Waals surface area (Å²) in [5.41, 5.74) is 0. The summed E-state index contributed by atoms with van der Waals surface area (Å²) in [5, 5.41) is 0. The predicted molar refractivity (Wildman–Crippen MR) is 74.3 cm³/mol. The van der Waals surface area contributed by atoms with E-state index in [2.05, 4.69) is 6.92 Å². The van der Waals surface area contributed by atoms with E-state index in [4.69, 9.17) is 4.74 Å². The van der Waals surface area contributed by atoms with Gasteiger partial charge in [-0.05, 0) is 6.42 Å². The van der Waals surface area contributed by atoms with Gasteiger partial charge in [-0.15, -0.1) is 0 Å². The molecule has 0 N–H and O–H groups in total. The molecule has 0 atom stereocenters. The fourth-order valence-electron chi connectivity index (χ4n) is 2.02. The van der Waals surface area contributed by atoms with Crippen molar-refractivity contribution < 1.29 is 14.1 Å². The molecule has 0 spiro atoms. The molecule has 1 rings (SSSR count). The summed E-state index contributed by atoms with van der Waals surface area (Å²) < 4.78 is 8.97. The number of esters is 1. The van der Waals surface area contributed by atoms with E-state index in [1.54, 1.807) is 0 Å². The number of rotatable bonds is 10. The number of unbranched alkanes of at least 4 members (excludes halogenated alkanes) is 6. The second-order valence-corrected chi connectivity index (χ2v) is 5.11. The van der Waals surface area contributed by atoms with Gasteiger partial charge in [0.25, 0.3) is 0 Å². The first-order valence-electron chi connectivity index (χ1n) is 7.39. The maximum Gasteiger partial charge on any atom is 0.308 e. The lowest BCUT2D eigenvalue weighted by molar-refractivity contribution is -0.671. The average Bonchev–Trinajstić information content (AvgIpc) is 2.81. The lowest BCUT2D eigenvalue weighted by Crippen LogP contribution is -2.24. The Morgan fingerprint density at radius 3 is 2.47 bits per heavy atom. The van der Waals surface area contributed by atoms with Crippen LogP contribution < -0.4 is 4.57 Å². The standard InChI is InChI=1S/C15H27N2O2/c1-3-4-5-6-7-8-9-10-15(18)19-14-17-12-11-16(2)13-17/h11-13H,3-10,14H2,1-2H3/q+1. The van der Waals surface area contributed by atoms with Crippen LogP contribution >= 0.6 is 0 Å². The van der Waals surface area contributed by atoms with Crippen molar-refractivity contribution in [3.05, 3.63) is 18.7 Å². The van der Waals surface area contributed by atoms with Crippen molar-refractivity contribution in [2.75, 3.05) is 0 Å². The number of carbonyl (C=O) groups excluding carboxylic acids is 1. The van der Waals surface area contributed by atoms with Crippen LogP contribution in [0, 0.1) is 0 Å². The molecule has 0 unspecified atom stereocenters. The van der Waals surface area contributed by atoms with Crippen LogP contribution in [0.1, 0.15) is 58.3 Å². The maximum atomic E-state index is 11.5. The molecule has 0 saturated heterocycles. The van der Waals surface area contributed by atoms with Crippen LogP contribution in [-0.4, -0.2) is 10.5 Å². The Kier molecular flexibility index (Phi) is 7.94. The molecule has 0 aliphatic carbocycles. The van der Waals surface area contributed by atoms with Crippen molar-refractivity contribution >= 4 is 5.97 Å². The van der Waals surface area contributed by atoms with Crippen LogP contribution in [-0.2, 0) is 23.3 Å². The van der Waals surface area contributed by atoms with Gasteiger partial charge in [-0.2, -0.15) is 0 Å². The molecule has 108 valence electrons. The van der Waals surface area contributed by atoms with E-state index in [0.29, 0.717) is 13.2 Å². The van der Waals surface area contributed by atoms with Gasteiger partial charge in [-0.1, -0.05) is 45.4 Å². The van der Waals surface area contributed by atoms with Crippen molar-refractivity contribution in [1.29, 1.82) is 0 Å². The molecule has 4 heteroatoms. The first-order chi connectivity index (χ1) is 9.22. The summed E-state index contributed by atoms with van der Waals surface area (Å²) in [6.07, 6.45) is 14.8. The average molecular weight is 267 g/mol. The summed E-state index contributed by atoms with van der Waals surface area (Å²) in [6.45, 7) is 2.54. The number of imidazole rings is 1. The zero-order valence-electron chi connectivity index (χ0n) is 12.3. The van der Waals surface area contributed by atoms with Crippen LogP contribution in [0.4, 0.5) is 0 Å². The Morgan fingerprint density at radius 2 is 1.84 bits per heavy atom. The Bertz CT molecular complexity index is 361. The highest BCUT2D eigenvalue weighted by molar-refractivity contribution is 5.69. The Labute approximate surface area is 116 Å². The highest BCUT2D eigenvalue weighted by atomic mass is 16.5. The first-order valence-corrected chi connectivity index (χ1v) is 7.39. The van der Waals surface area contributed by atoms with Gasteiger partial charge in [-0.3, -0.25) is 4.79 Å². The molecule has 19 heavy (non-hydrogen) atoms. The van der Waals surface area contributed by atoms with Crippen LogP contribution in [0.5, 0.6) is 0 Å². The van der Waals surface area contributed by atoms with Gasteiger partial charge >= 0.3 is 5.97 Å². The fourth-order valence-corrected chi connectivity index (χ4v) is 2.02. The third-order valence-electron chi connectivity index (χ3n) is 3.18. The summed E-state index contributed by atoms with van der Waals surface area (Å²) in [5.74, 6) is -0.0927. The molecule has 0 radical (unpaired) electrons. The summed E-state index contributed by atoms with van der Waals surface area (Å²) >= 11 is 0. The SMILES string of the molecule is CCCCCCCCCC(=O)OCn1cc[n+](C)c1. The van der Waals surface area contributed by atoms with Gasteiger partial charge in [-0.25, -0.2) is 9.13 Å². The number of aromatic nitrogens is 2. The number of hydrogen-bond acceptors (Lipinski definition) is 2. The van der Waals surface area contributed by atoms with Gasteiger partial charge in [0.1, 0.15) is 12.4 Å². The van der Waals surface area contributed by atoms with E-state index >= 15 is 0 Å². The topological polar surface area (TPSA) is 35.1 Å². The monoisotopic (exact) mass is 267 g/mol. The van der Waals surface area contributed by atoms with Crippen molar-refractivity contribution in [2.24, 2.45) is 7.05 Å². The lowest BCUT2D eigenvalue weighted by Gasteiger charge is -2.02. The smallest absolute Gasteiger partial charge is 0.308 e. The molecule has 1 aromatic heterocycles. The highest BCUT2D eigenvalue weighted by Gasteiger charge is 2.05. The second kappa shape index (κ2) is 9.59. The van der Waals surface area contributed by atoms with Crippen LogP contribution in [0.25, 0.3) is 0 Å². The third-order valence-corrected chi connectivity index (χ3v) is 3.18. The minimum absolute atomic E-state index is 0.0927. The summed E-state index contributed by atoms with van der Waals surface area (Å²) in [6, 6.07) is 0. The molecule has 0 fully saturated rings. The van der Waals surface area contributed by atoms with E-state index in [1.807, 2.05) is 34.9 Å². The predicted octanol–water partition coefficient (Wildman–Crippen LogP) is 2.95. The van der Waals surface area contributed by atoms with Gasteiger partial charge in [0.2, 0.25) is 13.1 Å². The normalized spacial score (nSPS) is 10.6. The zero-order chi connectivity index (χ0) is 13.9. The molecule has 1 aromatic rings. The fraction of sp³-hybridized carbons (Fsp3) is 0.733. The quantitative estimate of drug-likeness (QED) is 0.371. The first kappa shape index (κ1) is 15.7. The molecular weight excluding hydrogens is 240 g/mol. The molecule has 4 nitrogen and oxygen atoms in total. The molecule has 0 aromatic carbocycles. The number of aryl methyl sites for hydroxylation is 1. The van der Waals surface area contributed by atoms with Crippen LogP contribution in [0.2, 0.25) is 0 Å². The van der Waals surface area contributed by atoms with Crippen molar-refractivity contribution in [3.63, 3.8) is 0 Å². The molecule has 0 saturated carbocycles. The van der Waals surface area contributed by atoms with Crippen molar-refractivity contribution in [3.8, 4) is 0 Å². The van der Waals surface area contributed by atoms with E-state index in [-0.39, 0.29) is 5.97 Å². The highest BCUT2D eigenvalue weighted by Crippen LogP contribution is 2.08. The summed E-state index contributed by atoms with van der Waals surface area (Å²) in [4.78, 5) is 11.5. The summed E-state index contributed by atoms with van der Waals surface area (Å²) in [7, 11) is 1.94. The van der Waals surface area contributed by atoms with Gasteiger partial charge in [0.05, 0.1) is 7.05 Å². The van der Waals surface area contributed by atoms with E-state index in [1.165, 1.54) is 32.1 Å². The Hall–Kier alpha value is -1.32. The maximum absolute atomic E-state index is 11.5. The van der Waals surface area contributed by atoms with Gasteiger partial charge < -0.3 is 4.74 Å². The van der Waals surface area contributed by atoms with Crippen molar-refractivity contribution in [1.82, 2.24) is 4.57 Å².